The lowest BCUT2D eigenvalue weighted by molar-refractivity contribution is 0.927. The van der Waals surface area contributed by atoms with Gasteiger partial charge in [-0.05, 0) is 30.9 Å². The Balaban J connectivity index is 2.19. The minimum Gasteiger partial charge on any atom is -0.382 e. The molecule has 3 heteroatoms. The standard InChI is InChI=1S/C11H13N3/c1-7-3-10(7)14-11-4-9(5-12)13-6-8(11)2/h4,6-7,10H,3H2,1-2H3,(H,13,14). The first-order valence-corrected chi connectivity index (χ1v) is 4.84. The number of hydrogen-bond acceptors (Lipinski definition) is 3. The molecule has 0 spiro atoms. The van der Waals surface area contributed by atoms with E-state index in [0.29, 0.717) is 11.7 Å². The molecule has 2 atom stereocenters. The van der Waals surface area contributed by atoms with E-state index in [-0.39, 0.29) is 0 Å². The first-order chi connectivity index (χ1) is 6.70. The van der Waals surface area contributed by atoms with E-state index in [4.69, 9.17) is 5.26 Å². The Labute approximate surface area is 83.8 Å². The van der Waals surface area contributed by atoms with Crippen LogP contribution in [0.25, 0.3) is 0 Å². The summed E-state index contributed by atoms with van der Waals surface area (Å²) in [5.41, 5.74) is 2.63. The van der Waals surface area contributed by atoms with Crippen molar-refractivity contribution in [3.8, 4) is 6.07 Å². The zero-order chi connectivity index (χ0) is 10.1. The molecule has 0 radical (unpaired) electrons. The monoisotopic (exact) mass is 187 g/mol. The Morgan fingerprint density at radius 2 is 2.36 bits per heavy atom. The maximum absolute atomic E-state index is 8.71. The second-order valence-corrected chi connectivity index (χ2v) is 3.96. The molecule has 1 aliphatic rings. The van der Waals surface area contributed by atoms with E-state index in [1.807, 2.05) is 19.1 Å². The Kier molecular flexibility index (Phi) is 2.12. The lowest BCUT2D eigenvalue weighted by Crippen LogP contribution is -2.05. The number of nitriles is 1. The van der Waals surface area contributed by atoms with E-state index in [1.165, 1.54) is 6.42 Å². The van der Waals surface area contributed by atoms with Gasteiger partial charge in [0.05, 0.1) is 0 Å². The molecule has 1 aromatic heterocycles. The van der Waals surface area contributed by atoms with Crippen molar-refractivity contribution in [2.75, 3.05) is 5.32 Å². The fourth-order valence-electron chi connectivity index (χ4n) is 1.46. The molecule has 0 aromatic carbocycles. The first kappa shape index (κ1) is 9.01. The van der Waals surface area contributed by atoms with Crippen LogP contribution in [0.4, 0.5) is 5.69 Å². The lowest BCUT2D eigenvalue weighted by Gasteiger charge is -2.08. The third-order valence-corrected chi connectivity index (χ3v) is 2.67. The highest BCUT2D eigenvalue weighted by Crippen LogP contribution is 2.33. The molecule has 1 N–H and O–H groups in total. The number of hydrogen-bond donors (Lipinski definition) is 1. The molecule has 14 heavy (non-hydrogen) atoms. The van der Waals surface area contributed by atoms with Gasteiger partial charge < -0.3 is 5.32 Å². The summed E-state index contributed by atoms with van der Waals surface area (Å²) < 4.78 is 0. The fourth-order valence-corrected chi connectivity index (χ4v) is 1.46. The van der Waals surface area contributed by atoms with Gasteiger partial charge in [0.1, 0.15) is 11.8 Å². The van der Waals surface area contributed by atoms with Crippen LogP contribution in [0.5, 0.6) is 0 Å². The van der Waals surface area contributed by atoms with Gasteiger partial charge >= 0.3 is 0 Å². The number of nitrogens with zero attached hydrogens (tertiary/aromatic N) is 2. The first-order valence-electron chi connectivity index (χ1n) is 4.84. The smallest absolute Gasteiger partial charge is 0.142 e. The van der Waals surface area contributed by atoms with E-state index < -0.39 is 0 Å². The third-order valence-electron chi connectivity index (χ3n) is 2.67. The van der Waals surface area contributed by atoms with Crippen LogP contribution in [0.2, 0.25) is 0 Å². The van der Waals surface area contributed by atoms with Crippen LogP contribution >= 0.6 is 0 Å². The van der Waals surface area contributed by atoms with Crippen molar-refractivity contribution in [2.45, 2.75) is 26.3 Å². The van der Waals surface area contributed by atoms with Gasteiger partial charge in [-0.2, -0.15) is 5.26 Å². The second-order valence-electron chi connectivity index (χ2n) is 3.96. The van der Waals surface area contributed by atoms with Crippen molar-refractivity contribution < 1.29 is 0 Å². The molecule has 3 nitrogen and oxygen atoms in total. The molecule has 1 aromatic rings. The fraction of sp³-hybridized carbons (Fsp3) is 0.455. The van der Waals surface area contributed by atoms with Crippen LogP contribution < -0.4 is 5.32 Å². The van der Waals surface area contributed by atoms with Crippen LogP contribution in [0.3, 0.4) is 0 Å². The topological polar surface area (TPSA) is 48.7 Å². The van der Waals surface area contributed by atoms with E-state index in [2.05, 4.69) is 17.2 Å². The van der Waals surface area contributed by atoms with Gasteiger partial charge in [0.15, 0.2) is 0 Å². The second kappa shape index (κ2) is 3.30. The summed E-state index contributed by atoms with van der Waals surface area (Å²) in [7, 11) is 0. The molecule has 2 unspecified atom stereocenters. The van der Waals surface area contributed by atoms with Crippen molar-refractivity contribution in [1.82, 2.24) is 4.98 Å². The number of nitrogens with one attached hydrogen (secondary N) is 1. The highest BCUT2D eigenvalue weighted by Gasteiger charge is 2.32. The van der Waals surface area contributed by atoms with Crippen molar-refractivity contribution in [3.05, 3.63) is 23.5 Å². The average molecular weight is 187 g/mol. The largest absolute Gasteiger partial charge is 0.382 e. The van der Waals surface area contributed by atoms with Crippen LogP contribution in [0.1, 0.15) is 24.6 Å². The molecular formula is C11H13N3. The van der Waals surface area contributed by atoms with Crippen LogP contribution in [-0.4, -0.2) is 11.0 Å². The minimum absolute atomic E-state index is 0.478. The van der Waals surface area contributed by atoms with E-state index in [1.54, 1.807) is 6.20 Å². The molecule has 1 aliphatic carbocycles. The molecule has 0 aliphatic heterocycles. The van der Waals surface area contributed by atoms with E-state index in [0.717, 1.165) is 17.2 Å². The van der Waals surface area contributed by atoms with Crippen LogP contribution in [0, 0.1) is 24.2 Å². The van der Waals surface area contributed by atoms with Crippen molar-refractivity contribution >= 4 is 5.69 Å². The van der Waals surface area contributed by atoms with Gasteiger partial charge in [-0.15, -0.1) is 0 Å². The van der Waals surface area contributed by atoms with Gasteiger partial charge in [-0.1, -0.05) is 6.92 Å². The zero-order valence-corrected chi connectivity index (χ0v) is 8.41. The third kappa shape index (κ3) is 1.69. The Bertz CT molecular complexity index is 392. The molecule has 0 bridgehead atoms. The number of anilines is 1. The molecule has 1 saturated carbocycles. The molecular weight excluding hydrogens is 174 g/mol. The van der Waals surface area contributed by atoms with Crippen LogP contribution in [-0.2, 0) is 0 Å². The van der Waals surface area contributed by atoms with Gasteiger partial charge in [0, 0.05) is 17.9 Å². The summed E-state index contributed by atoms with van der Waals surface area (Å²) in [5.74, 6) is 0.758. The highest BCUT2D eigenvalue weighted by molar-refractivity contribution is 5.53. The zero-order valence-electron chi connectivity index (χ0n) is 8.41. The van der Waals surface area contributed by atoms with E-state index in [9.17, 15) is 0 Å². The predicted octanol–water partition coefficient (Wildman–Crippen LogP) is 2.08. The molecule has 1 fully saturated rings. The molecule has 0 saturated heterocycles. The average Bonchev–Trinajstić information content (AvgIpc) is 2.86. The number of aryl methyl sites for hydroxylation is 1. The predicted molar refractivity (Wildman–Crippen MR) is 54.9 cm³/mol. The van der Waals surface area contributed by atoms with Crippen molar-refractivity contribution in [2.24, 2.45) is 5.92 Å². The minimum atomic E-state index is 0.478. The Morgan fingerprint density at radius 1 is 1.64 bits per heavy atom. The quantitative estimate of drug-likeness (QED) is 0.771. The van der Waals surface area contributed by atoms with Gasteiger partial charge in [-0.3, -0.25) is 0 Å². The van der Waals surface area contributed by atoms with Crippen molar-refractivity contribution in [1.29, 1.82) is 5.26 Å². The molecule has 72 valence electrons. The van der Waals surface area contributed by atoms with Gasteiger partial charge in [0.2, 0.25) is 0 Å². The number of aromatic nitrogens is 1. The Morgan fingerprint density at radius 3 is 2.93 bits per heavy atom. The maximum Gasteiger partial charge on any atom is 0.142 e. The summed E-state index contributed by atoms with van der Waals surface area (Å²) in [6.45, 7) is 4.23. The number of pyridine rings is 1. The summed E-state index contributed by atoms with van der Waals surface area (Å²) >= 11 is 0. The maximum atomic E-state index is 8.71. The highest BCUT2D eigenvalue weighted by atomic mass is 15.0. The van der Waals surface area contributed by atoms with Crippen molar-refractivity contribution in [3.63, 3.8) is 0 Å². The SMILES string of the molecule is Cc1cnc(C#N)cc1NC1CC1C. The van der Waals surface area contributed by atoms with Crippen LogP contribution in [0.15, 0.2) is 12.3 Å². The Hall–Kier alpha value is -1.56. The van der Waals surface area contributed by atoms with E-state index >= 15 is 0 Å². The molecule has 1 heterocycles. The molecule has 0 amide bonds. The summed E-state index contributed by atoms with van der Waals surface area (Å²) in [6, 6.07) is 4.45. The normalized spacial score (nSPS) is 24.1. The summed E-state index contributed by atoms with van der Waals surface area (Å²) in [5, 5.41) is 12.1. The number of rotatable bonds is 2. The molecule has 2 rings (SSSR count). The summed E-state index contributed by atoms with van der Waals surface area (Å²) in [4.78, 5) is 4.00. The lowest BCUT2D eigenvalue weighted by atomic mass is 10.2. The van der Waals surface area contributed by atoms with Gasteiger partial charge in [-0.25, -0.2) is 4.98 Å². The van der Waals surface area contributed by atoms with Gasteiger partial charge in [0.25, 0.3) is 0 Å². The summed E-state index contributed by atoms with van der Waals surface area (Å²) in [6.07, 6.45) is 2.97.